The van der Waals surface area contributed by atoms with Crippen LogP contribution >= 0.6 is 0 Å². The smallest absolute Gasteiger partial charge is 0.358 e. The molecule has 0 aromatic carbocycles. The van der Waals surface area contributed by atoms with Crippen LogP contribution in [0.1, 0.15) is 36.2 Å². The van der Waals surface area contributed by atoms with Crippen LogP contribution in [0.15, 0.2) is 12.1 Å². The van der Waals surface area contributed by atoms with Gasteiger partial charge in [-0.3, -0.25) is 0 Å². The molecular weight excluding hydrogens is 268 g/mol. The van der Waals surface area contributed by atoms with Gasteiger partial charge in [0.2, 0.25) is 0 Å². The second-order valence-electron chi connectivity index (χ2n) is 5.88. The highest BCUT2D eigenvalue weighted by atomic mass is 16.5. The quantitative estimate of drug-likeness (QED) is 0.823. The van der Waals surface area contributed by atoms with Crippen molar-refractivity contribution in [2.24, 2.45) is 5.92 Å². The molecule has 6 heteroatoms. The Hall–Kier alpha value is -1.69. The summed E-state index contributed by atoms with van der Waals surface area (Å²) in [5, 5.41) is 11.7. The average Bonchev–Trinajstić information content (AvgIpc) is 3.37. The topological polar surface area (TPSA) is 67.3 Å². The second kappa shape index (κ2) is 6.39. The number of esters is 1. The first-order chi connectivity index (χ1) is 10.3. The summed E-state index contributed by atoms with van der Waals surface area (Å²) < 4.78 is 4.62. The number of hydrogen-bond acceptors (Lipinski definition) is 6. The van der Waals surface area contributed by atoms with Crippen molar-refractivity contribution in [1.29, 1.82) is 0 Å². The van der Waals surface area contributed by atoms with Crippen LogP contribution in [-0.4, -0.2) is 49.0 Å². The Morgan fingerprint density at radius 2 is 2.05 bits per heavy atom. The zero-order chi connectivity index (χ0) is 14.7. The van der Waals surface area contributed by atoms with Gasteiger partial charge in [-0.25, -0.2) is 4.79 Å². The molecule has 0 radical (unpaired) electrons. The molecule has 2 aliphatic rings. The van der Waals surface area contributed by atoms with E-state index in [1.807, 2.05) is 6.07 Å². The van der Waals surface area contributed by atoms with E-state index < -0.39 is 5.97 Å². The predicted molar refractivity (Wildman–Crippen MR) is 79.3 cm³/mol. The minimum atomic E-state index is -0.447. The van der Waals surface area contributed by atoms with Crippen molar-refractivity contribution in [2.75, 3.05) is 31.6 Å². The van der Waals surface area contributed by atoms with Crippen LogP contribution in [-0.2, 0) is 4.74 Å². The van der Waals surface area contributed by atoms with Crippen LogP contribution in [0.25, 0.3) is 0 Å². The Kier molecular flexibility index (Phi) is 4.34. The van der Waals surface area contributed by atoms with Gasteiger partial charge in [0, 0.05) is 19.1 Å². The maximum atomic E-state index is 11.3. The summed E-state index contributed by atoms with van der Waals surface area (Å²) in [6.07, 6.45) is 5.06. The molecule has 21 heavy (non-hydrogen) atoms. The molecule has 0 unspecified atom stereocenters. The standard InChI is InChI=1S/C15H22N4O2/c1-21-15(20)13-4-5-14(18-17-13)19-8-6-12(7-9-19)16-10-11-2-3-11/h4-5,11-12,16H,2-3,6-10H2,1H3. The van der Waals surface area contributed by atoms with Gasteiger partial charge < -0.3 is 15.0 Å². The molecule has 1 saturated carbocycles. The number of methoxy groups -OCH3 is 1. The number of nitrogens with one attached hydrogen (secondary N) is 1. The average molecular weight is 290 g/mol. The van der Waals surface area contributed by atoms with Crippen molar-refractivity contribution < 1.29 is 9.53 Å². The molecule has 2 heterocycles. The first kappa shape index (κ1) is 14.3. The summed E-state index contributed by atoms with van der Waals surface area (Å²) in [7, 11) is 1.34. The van der Waals surface area contributed by atoms with E-state index in [2.05, 4.69) is 25.2 Å². The Morgan fingerprint density at radius 3 is 2.62 bits per heavy atom. The van der Waals surface area contributed by atoms with Crippen molar-refractivity contribution in [3.05, 3.63) is 17.8 Å². The second-order valence-corrected chi connectivity index (χ2v) is 5.88. The van der Waals surface area contributed by atoms with Crippen LogP contribution in [0.3, 0.4) is 0 Å². The van der Waals surface area contributed by atoms with Crippen molar-refractivity contribution in [2.45, 2.75) is 31.7 Å². The fraction of sp³-hybridized carbons (Fsp3) is 0.667. The van der Waals surface area contributed by atoms with Gasteiger partial charge in [-0.15, -0.1) is 10.2 Å². The molecule has 1 aliphatic heterocycles. The lowest BCUT2D eigenvalue weighted by Crippen LogP contribution is -2.43. The van der Waals surface area contributed by atoms with Gasteiger partial charge in [0.15, 0.2) is 11.5 Å². The maximum absolute atomic E-state index is 11.3. The first-order valence-corrected chi connectivity index (χ1v) is 7.66. The number of rotatable bonds is 5. The normalized spacial score (nSPS) is 19.6. The van der Waals surface area contributed by atoms with E-state index in [1.165, 1.54) is 26.5 Å². The van der Waals surface area contributed by atoms with E-state index in [9.17, 15) is 4.79 Å². The molecule has 0 amide bonds. The number of ether oxygens (including phenoxy) is 1. The number of aromatic nitrogens is 2. The molecular formula is C15H22N4O2. The van der Waals surface area contributed by atoms with Gasteiger partial charge in [0.05, 0.1) is 7.11 Å². The SMILES string of the molecule is COC(=O)c1ccc(N2CCC(NCC3CC3)CC2)nn1. The predicted octanol–water partition coefficient (Wildman–Crippen LogP) is 1.23. The van der Waals surface area contributed by atoms with Gasteiger partial charge in [0.25, 0.3) is 0 Å². The molecule has 1 N–H and O–H groups in total. The van der Waals surface area contributed by atoms with Crippen LogP contribution in [0, 0.1) is 5.92 Å². The van der Waals surface area contributed by atoms with Gasteiger partial charge in [-0.2, -0.15) is 0 Å². The molecule has 1 saturated heterocycles. The van der Waals surface area contributed by atoms with E-state index in [0.29, 0.717) is 6.04 Å². The highest BCUT2D eigenvalue weighted by Crippen LogP contribution is 2.28. The van der Waals surface area contributed by atoms with Gasteiger partial charge >= 0.3 is 5.97 Å². The van der Waals surface area contributed by atoms with Crippen molar-refractivity contribution >= 4 is 11.8 Å². The highest BCUT2D eigenvalue weighted by molar-refractivity contribution is 5.86. The molecule has 1 aromatic heterocycles. The molecule has 6 nitrogen and oxygen atoms in total. The summed E-state index contributed by atoms with van der Waals surface area (Å²) in [5.74, 6) is 1.32. The molecule has 1 aliphatic carbocycles. The minimum Gasteiger partial charge on any atom is -0.464 e. The van der Waals surface area contributed by atoms with Crippen LogP contribution in [0.5, 0.6) is 0 Å². The third-order valence-electron chi connectivity index (χ3n) is 4.26. The van der Waals surface area contributed by atoms with E-state index in [4.69, 9.17) is 0 Å². The summed E-state index contributed by atoms with van der Waals surface area (Å²) in [6, 6.07) is 4.15. The molecule has 0 atom stereocenters. The summed E-state index contributed by atoms with van der Waals surface area (Å²) >= 11 is 0. The van der Waals surface area contributed by atoms with Gasteiger partial charge in [-0.1, -0.05) is 0 Å². The minimum absolute atomic E-state index is 0.252. The third kappa shape index (κ3) is 3.69. The van der Waals surface area contributed by atoms with E-state index in [-0.39, 0.29) is 5.69 Å². The van der Waals surface area contributed by atoms with E-state index >= 15 is 0 Å². The lowest BCUT2D eigenvalue weighted by Gasteiger charge is -2.33. The van der Waals surface area contributed by atoms with Crippen LogP contribution in [0.4, 0.5) is 5.82 Å². The largest absolute Gasteiger partial charge is 0.464 e. The Morgan fingerprint density at radius 1 is 1.29 bits per heavy atom. The fourth-order valence-electron chi connectivity index (χ4n) is 2.68. The number of nitrogens with zero attached hydrogens (tertiary/aromatic N) is 3. The first-order valence-electron chi connectivity index (χ1n) is 7.66. The monoisotopic (exact) mass is 290 g/mol. The number of piperidine rings is 1. The molecule has 0 spiro atoms. The van der Waals surface area contributed by atoms with Gasteiger partial charge in [-0.05, 0) is 50.3 Å². The Balaban J connectivity index is 1.50. The number of carbonyl (C=O) groups is 1. The van der Waals surface area contributed by atoms with Crippen LogP contribution < -0.4 is 10.2 Å². The number of anilines is 1. The van der Waals surface area contributed by atoms with Crippen molar-refractivity contribution in [1.82, 2.24) is 15.5 Å². The van der Waals surface area contributed by atoms with Crippen molar-refractivity contribution in [3.8, 4) is 0 Å². The summed E-state index contributed by atoms with van der Waals surface area (Å²) in [4.78, 5) is 13.6. The summed E-state index contributed by atoms with van der Waals surface area (Å²) in [5.41, 5.74) is 0.252. The lowest BCUT2D eigenvalue weighted by molar-refractivity contribution is 0.0592. The fourth-order valence-corrected chi connectivity index (χ4v) is 2.68. The molecule has 0 bridgehead atoms. The number of hydrogen-bond donors (Lipinski definition) is 1. The molecule has 2 fully saturated rings. The number of carbonyl (C=O) groups excluding carboxylic acids is 1. The lowest BCUT2D eigenvalue weighted by atomic mass is 10.0. The maximum Gasteiger partial charge on any atom is 0.358 e. The Bertz CT molecular complexity index is 479. The highest BCUT2D eigenvalue weighted by Gasteiger charge is 2.25. The molecule has 1 aromatic rings. The van der Waals surface area contributed by atoms with E-state index in [0.717, 1.165) is 37.7 Å². The van der Waals surface area contributed by atoms with E-state index in [1.54, 1.807) is 6.07 Å². The van der Waals surface area contributed by atoms with Gasteiger partial charge in [0.1, 0.15) is 0 Å². The summed E-state index contributed by atoms with van der Waals surface area (Å²) in [6.45, 7) is 3.14. The van der Waals surface area contributed by atoms with Crippen LogP contribution in [0.2, 0.25) is 0 Å². The Labute approximate surface area is 124 Å². The van der Waals surface area contributed by atoms with Crippen molar-refractivity contribution in [3.63, 3.8) is 0 Å². The molecule has 3 rings (SSSR count). The third-order valence-corrected chi connectivity index (χ3v) is 4.26. The molecule has 114 valence electrons. The zero-order valence-electron chi connectivity index (χ0n) is 12.4. The zero-order valence-corrected chi connectivity index (χ0v) is 12.4.